The Balaban J connectivity index is 2.77. The fraction of sp³-hybridized carbons (Fsp3) is 0.556. The van der Waals surface area contributed by atoms with E-state index in [2.05, 4.69) is 0 Å². The van der Waals surface area contributed by atoms with Gasteiger partial charge in [0.25, 0.3) is 0 Å². The van der Waals surface area contributed by atoms with Gasteiger partial charge in [-0.25, -0.2) is 4.79 Å². The lowest BCUT2D eigenvalue weighted by Crippen LogP contribution is -2.43. The van der Waals surface area contributed by atoms with Crippen LogP contribution in [-0.4, -0.2) is 28.2 Å². The van der Waals surface area contributed by atoms with E-state index in [1.54, 1.807) is 46.8 Å². The monoisotopic (exact) mass is 322 g/mol. The van der Waals surface area contributed by atoms with Crippen molar-refractivity contribution in [2.45, 2.75) is 65.1 Å². The van der Waals surface area contributed by atoms with Crippen molar-refractivity contribution in [1.82, 2.24) is 0 Å². The summed E-state index contributed by atoms with van der Waals surface area (Å²) >= 11 is 0. The first-order valence-electron chi connectivity index (χ1n) is 7.65. The minimum absolute atomic E-state index is 0.0730. The Hall–Kier alpha value is -2.04. The van der Waals surface area contributed by atoms with E-state index in [-0.39, 0.29) is 12.3 Å². The van der Waals surface area contributed by atoms with Crippen molar-refractivity contribution in [3.63, 3.8) is 0 Å². The van der Waals surface area contributed by atoms with E-state index in [1.807, 2.05) is 19.1 Å². The van der Waals surface area contributed by atoms with Crippen LogP contribution in [0, 0.1) is 0 Å². The lowest BCUT2D eigenvalue weighted by atomic mass is 9.98. The zero-order valence-corrected chi connectivity index (χ0v) is 14.7. The third-order valence-corrected chi connectivity index (χ3v) is 3.19. The van der Waals surface area contributed by atoms with Crippen molar-refractivity contribution in [2.75, 3.05) is 0 Å². The molecule has 1 unspecified atom stereocenters. The van der Waals surface area contributed by atoms with Crippen molar-refractivity contribution in [3.8, 4) is 5.75 Å². The maximum atomic E-state index is 12.2. The van der Waals surface area contributed by atoms with Crippen molar-refractivity contribution in [3.05, 3.63) is 29.8 Å². The Labute approximate surface area is 137 Å². The number of esters is 1. The maximum absolute atomic E-state index is 12.2. The van der Waals surface area contributed by atoms with Crippen molar-refractivity contribution in [1.29, 1.82) is 0 Å². The minimum atomic E-state index is -1.11. The molecule has 0 aromatic heterocycles. The van der Waals surface area contributed by atoms with Crippen LogP contribution >= 0.6 is 0 Å². The molecule has 1 atom stereocenters. The summed E-state index contributed by atoms with van der Waals surface area (Å²) in [7, 11) is 0. The van der Waals surface area contributed by atoms with Crippen LogP contribution < -0.4 is 4.74 Å². The number of rotatable bonds is 6. The molecule has 23 heavy (non-hydrogen) atoms. The summed E-state index contributed by atoms with van der Waals surface area (Å²) < 4.78 is 11.1. The lowest BCUT2D eigenvalue weighted by molar-refractivity contribution is -0.170. The summed E-state index contributed by atoms with van der Waals surface area (Å²) in [6.07, 6.45) is 0.0730. The van der Waals surface area contributed by atoms with Crippen molar-refractivity contribution in [2.24, 2.45) is 0 Å². The van der Waals surface area contributed by atoms with Gasteiger partial charge >= 0.3 is 11.9 Å². The SMILES string of the molecule is CC(CC(=O)O)c1ccc(OC(C)(C)C(=O)OC(C)(C)C)cc1. The first-order chi connectivity index (χ1) is 10.4. The number of ether oxygens (including phenoxy) is 2. The normalized spacial score (nSPS) is 13.3. The third kappa shape index (κ3) is 6.30. The average Bonchev–Trinajstić information content (AvgIpc) is 2.36. The average molecular weight is 322 g/mol. The van der Waals surface area contributed by atoms with E-state index in [9.17, 15) is 9.59 Å². The summed E-state index contributed by atoms with van der Waals surface area (Å²) in [5.41, 5.74) is -0.773. The fourth-order valence-electron chi connectivity index (χ4n) is 1.98. The number of carboxylic acid groups (broad SMARTS) is 1. The van der Waals surface area contributed by atoms with Gasteiger partial charge in [-0.05, 0) is 58.2 Å². The summed E-state index contributed by atoms with van der Waals surface area (Å²) in [6.45, 7) is 10.6. The predicted molar refractivity (Wildman–Crippen MR) is 87.7 cm³/mol. The van der Waals surface area contributed by atoms with Crippen LogP contribution in [0.1, 0.15) is 59.4 Å². The molecule has 0 heterocycles. The van der Waals surface area contributed by atoms with Gasteiger partial charge in [-0.3, -0.25) is 4.79 Å². The minimum Gasteiger partial charge on any atom is -0.481 e. The van der Waals surface area contributed by atoms with Gasteiger partial charge in [0, 0.05) is 0 Å². The predicted octanol–water partition coefficient (Wildman–Crippen LogP) is 3.76. The fourth-order valence-corrected chi connectivity index (χ4v) is 1.98. The lowest BCUT2D eigenvalue weighted by Gasteiger charge is -2.29. The second-order valence-corrected chi connectivity index (χ2v) is 7.18. The first kappa shape index (κ1) is 19.0. The van der Waals surface area contributed by atoms with Gasteiger partial charge in [0.15, 0.2) is 5.60 Å². The molecule has 5 nitrogen and oxygen atoms in total. The molecule has 0 spiro atoms. The molecule has 0 aliphatic carbocycles. The van der Waals surface area contributed by atoms with E-state index in [0.717, 1.165) is 5.56 Å². The van der Waals surface area contributed by atoms with Gasteiger partial charge in [0.05, 0.1) is 6.42 Å². The number of benzene rings is 1. The topological polar surface area (TPSA) is 72.8 Å². The van der Waals surface area contributed by atoms with Crippen LogP contribution in [0.2, 0.25) is 0 Å². The highest BCUT2D eigenvalue weighted by Gasteiger charge is 2.34. The van der Waals surface area contributed by atoms with Gasteiger partial charge in [-0.1, -0.05) is 19.1 Å². The number of hydrogen-bond acceptors (Lipinski definition) is 4. The standard InChI is InChI=1S/C18H26O5/c1-12(11-15(19)20)13-7-9-14(10-8-13)22-18(5,6)16(21)23-17(2,3)4/h7-10,12H,11H2,1-6H3,(H,19,20). The maximum Gasteiger partial charge on any atom is 0.350 e. The number of carbonyl (C=O) groups excluding carboxylic acids is 1. The Morgan fingerprint density at radius 2 is 1.61 bits per heavy atom. The van der Waals surface area contributed by atoms with E-state index >= 15 is 0 Å². The third-order valence-electron chi connectivity index (χ3n) is 3.19. The second kappa shape index (κ2) is 7.02. The van der Waals surface area contributed by atoms with Crippen LogP contribution in [0.5, 0.6) is 5.75 Å². The van der Waals surface area contributed by atoms with Gasteiger partial charge in [-0.2, -0.15) is 0 Å². The highest BCUT2D eigenvalue weighted by Crippen LogP contribution is 2.25. The van der Waals surface area contributed by atoms with Crippen LogP contribution in [-0.2, 0) is 14.3 Å². The zero-order valence-electron chi connectivity index (χ0n) is 14.7. The molecule has 1 aromatic rings. The van der Waals surface area contributed by atoms with E-state index < -0.39 is 23.1 Å². The Bertz CT molecular complexity index is 552. The largest absolute Gasteiger partial charge is 0.481 e. The summed E-state index contributed by atoms with van der Waals surface area (Å²) in [6, 6.07) is 7.10. The smallest absolute Gasteiger partial charge is 0.350 e. The molecule has 0 saturated heterocycles. The van der Waals surface area contributed by atoms with Gasteiger partial charge < -0.3 is 14.6 Å². The highest BCUT2D eigenvalue weighted by molar-refractivity contribution is 5.79. The molecule has 0 radical (unpaired) electrons. The molecule has 0 aliphatic heterocycles. The number of aliphatic carboxylic acids is 1. The summed E-state index contributed by atoms with van der Waals surface area (Å²) in [5.74, 6) is -0.815. The van der Waals surface area contributed by atoms with E-state index in [4.69, 9.17) is 14.6 Å². The van der Waals surface area contributed by atoms with Crippen LogP contribution in [0.3, 0.4) is 0 Å². The van der Waals surface area contributed by atoms with Crippen LogP contribution in [0.25, 0.3) is 0 Å². The summed E-state index contributed by atoms with van der Waals surface area (Å²) in [5, 5.41) is 8.83. The van der Waals surface area contributed by atoms with Gasteiger partial charge in [-0.15, -0.1) is 0 Å². The van der Waals surface area contributed by atoms with Gasteiger partial charge in [0.2, 0.25) is 0 Å². The molecule has 1 aromatic carbocycles. The van der Waals surface area contributed by atoms with Crippen LogP contribution in [0.4, 0.5) is 0 Å². The Morgan fingerprint density at radius 1 is 1.09 bits per heavy atom. The quantitative estimate of drug-likeness (QED) is 0.807. The number of carbonyl (C=O) groups is 2. The molecular formula is C18H26O5. The van der Waals surface area contributed by atoms with Crippen molar-refractivity contribution < 1.29 is 24.2 Å². The summed E-state index contributed by atoms with van der Waals surface area (Å²) in [4.78, 5) is 22.9. The molecule has 0 fully saturated rings. The zero-order chi connectivity index (χ0) is 17.8. The molecule has 0 aliphatic rings. The van der Waals surface area contributed by atoms with E-state index in [0.29, 0.717) is 5.75 Å². The molecular weight excluding hydrogens is 296 g/mol. The molecule has 0 saturated carbocycles. The molecule has 0 bridgehead atoms. The van der Waals surface area contributed by atoms with E-state index in [1.165, 1.54) is 0 Å². The van der Waals surface area contributed by atoms with Crippen LogP contribution in [0.15, 0.2) is 24.3 Å². The molecule has 5 heteroatoms. The molecule has 1 N–H and O–H groups in total. The molecule has 1 rings (SSSR count). The number of hydrogen-bond donors (Lipinski definition) is 1. The first-order valence-corrected chi connectivity index (χ1v) is 7.65. The number of carboxylic acids is 1. The van der Waals surface area contributed by atoms with Gasteiger partial charge in [0.1, 0.15) is 11.4 Å². The Kier molecular flexibility index (Phi) is 5.81. The molecule has 128 valence electrons. The van der Waals surface area contributed by atoms with Crippen molar-refractivity contribution >= 4 is 11.9 Å². The highest BCUT2D eigenvalue weighted by atomic mass is 16.6. The second-order valence-electron chi connectivity index (χ2n) is 7.18. The Morgan fingerprint density at radius 3 is 2.04 bits per heavy atom. The molecule has 0 amide bonds.